The third kappa shape index (κ3) is 5.63. The van der Waals surface area contributed by atoms with Gasteiger partial charge in [-0.2, -0.15) is 5.26 Å². The Morgan fingerprint density at radius 1 is 1.20 bits per heavy atom. The fourth-order valence-electron chi connectivity index (χ4n) is 5.39. The Hall–Kier alpha value is -3.29. The number of ether oxygens (including phenoxy) is 1. The third-order valence-corrected chi connectivity index (χ3v) is 8.11. The lowest BCUT2D eigenvalue weighted by Crippen LogP contribution is -2.56. The van der Waals surface area contributed by atoms with Crippen LogP contribution < -0.4 is 9.80 Å². The quantitative estimate of drug-likeness (QED) is 0.272. The highest BCUT2D eigenvalue weighted by molar-refractivity contribution is 7.98. The van der Waals surface area contributed by atoms with E-state index in [1.54, 1.807) is 11.0 Å². The molecule has 210 valence electrons. The number of nitrogens with zero attached hydrogens (tertiary/aromatic N) is 6. The van der Waals surface area contributed by atoms with Crippen molar-refractivity contribution in [2.45, 2.75) is 57.0 Å². The number of hydrogen-bond donors (Lipinski definition) is 0. The third-order valence-electron chi connectivity index (χ3n) is 7.20. The van der Waals surface area contributed by atoms with E-state index < -0.39 is 17.5 Å². The van der Waals surface area contributed by atoms with Crippen LogP contribution >= 0.6 is 23.4 Å². The van der Waals surface area contributed by atoms with E-state index in [4.69, 9.17) is 26.3 Å². The van der Waals surface area contributed by atoms with Crippen molar-refractivity contribution in [1.82, 2.24) is 14.9 Å². The zero-order chi connectivity index (χ0) is 28.6. The maximum atomic E-state index is 14.4. The lowest BCUT2D eigenvalue weighted by molar-refractivity contribution is 0.0144. The number of aromatic nitrogens is 2. The van der Waals surface area contributed by atoms with Gasteiger partial charge in [0.2, 0.25) is 0 Å². The predicted octanol–water partition coefficient (Wildman–Crippen LogP) is 6.05. The van der Waals surface area contributed by atoms with Crippen LogP contribution in [0.1, 0.15) is 38.4 Å². The molecule has 0 aliphatic carbocycles. The standard InChI is InChI=1S/C29H32ClFN6O2S/c1-29(2,3)39-28(38)37-15-14-36(16-19(37)10-12-32)26-20-11-13-35(17-22(20)33-27(34-26)40-4)23-7-5-6-18-8-9-21(31)25(30)24(18)23/h5-9,19H,10-11,13-17H2,1-4H3/t19-/m0/s1. The Balaban J connectivity index is 1.45. The number of thioether (sulfide) groups is 1. The fraction of sp³-hybridized carbons (Fsp3) is 0.448. The van der Waals surface area contributed by atoms with Crippen LogP contribution in [0, 0.1) is 17.1 Å². The van der Waals surface area contributed by atoms with Gasteiger partial charge < -0.3 is 19.4 Å². The summed E-state index contributed by atoms with van der Waals surface area (Å²) in [7, 11) is 0. The second-order valence-electron chi connectivity index (χ2n) is 11.0. The molecule has 40 heavy (non-hydrogen) atoms. The van der Waals surface area contributed by atoms with E-state index in [2.05, 4.69) is 15.9 Å². The van der Waals surface area contributed by atoms with E-state index in [1.807, 2.05) is 45.2 Å². The molecule has 1 fully saturated rings. The Morgan fingerprint density at radius 3 is 2.73 bits per heavy atom. The summed E-state index contributed by atoms with van der Waals surface area (Å²) in [6, 6.07) is 10.9. The molecular formula is C29H32ClFN6O2S. The predicted molar refractivity (Wildman–Crippen MR) is 157 cm³/mol. The van der Waals surface area contributed by atoms with Crippen molar-refractivity contribution < 1.29 is 13.9 Å². The van der Waals surface area contributed by atoms with Crippen LogP contribution in [0.2, 0.25) is 5.02 Å². The van der Waals surface area contributed by atoms with Crippen LogP contribution in [0.25, 0.3) is 10.8 Å². The summed E-state index contributed by atoms with van der Waals surface area (Å²) in [5, 5.41) is 11.9. The number of amides is 1. The number of piperazine rings is 1. The highest BCUT2D eigenvalue weighted by Gasteiger charge is 2.35. The molecule has 8 nitrogen and oxygen atoms in total. The molecular weight excluding hydrogens is 551 g/mol. The summed E-state index contributed by atoms with van der Waals surface area (Å²) >= 11 is 7.91. The Labute approximate surface area is 243 Å². The second kappa shape index (κ2) is 11.3. The molecule has 2 aliphatic rings. The van der Waals surface area contributed by atoms with Crippen LogP contribution in [0.4, 0.5) is 20.7 Å². The zero-order valence-corrected chi connectivity index (χ0v) is 24.7. The van der Waals surface area contributed by atoms with E-state index in [0.29, 0.717) is 49.7 Å². The number of carbonyl (C=O) groups excluding carboxylic acids is 1. The van der Waals surface area contributed by atoms with E-state index in [9.17, 15) is 14.4 Å². The van der Waals surface area contributed by atoms with Gasteiger partial charge in [0.25, 0.3) is 0 Å². The van der Waals surface area contributed by atoms with Gasteiger partial charge in [-0.3, -0.25) is 0 Å². The normalized spacial score (nSPS) is 17.5. The number of halogens is 2. The second-order valence-corrected chi connectivity index (χ2v) is 12.2. The highest BCUT2D eigenvalue weighted by atomic mass is 35.5. The number of hydrogen-bond acceptors (Lipinski definition) is 8. The number of nitriles is 1. The first-order chi connectivity index (χ1) is 19.1. The van der Waals surface area contributed by atoms with Gasteiger partial charge in [-0.25, -0.2) is 19.2 Å². The fourth-order valence-corrected chi connectivity index (χ4v) is 6.04. The van der Waals surface area contributed by atoms with Gasteiger partial charge in [-0.05, 0) is 51.0 Å². The van der Waals surface area contributed by atoms with Gasteiger partial charge in [0.1, 0.15) is 17.2 Å². The molecule has 1 saturated heterocycles. The van der Waals surface area contributed by atoms with Crippen LogP contribution in [0.3, 0.4) is 0 Å². The molecule has 1 amide bonds. The minimum atomic E-state index is -0.615. The molecule has 0 radical (unpaired) electrons. The lowest BCUT2D eigenvalue weighted by Gasteiger charge is -2.42. The van der Waals surface area contributed by atoms with E-state index in [1.165, 1.54) is 17.8 Å². The van der Waals surface area contributed by atoms with Crippen LogP contribution in [0.15, 0.2) is 35.5 Å². The Kier molecular flexibility index (Phi) is 7.98. The summed E-state index contributed by atoms with van der Waals surface area (Å²) in [6.45, 7) is 8.21. The van der Waals surface area contributed by atoms with E-state index >= 15 is 0 Å². The van der Waals surface area contributed by atoms with Crippen LogP contribution in [-0.2, 0) is 17.7 Å². The van der Waals surface area contributed by atoms with Crippen molar-refractivity contribution in [2.24, 2.45) is 0 Å². The van der Waals surface area contributed by atoms with Crippen molar-refractivity contribution in [1.29, 1.82) is 5.26 Å². The topological polar surface area (TPSA) is 85.6 Å². The maximum Gasteiger partial charge on any atom is 0.410 e. The van der Waals surface area contributed by atoms with Crippen molar-refractivity contribution >= 4 is 51.7 Å². The summed E-state index contributed by atoms with van der Waals surface area (Å²) in [6.07, 6.45) is 2.43. The van der Waals surface area contributed by atoms with Gasteiger partial charge in [0.05, 0.1) is 35.8 Å². The molecule has 0 N–H and O–H groups in total. The van der Waals surface area contributed by atoms with Gasteiger partial charge >= 0.3 is 6.09 Å². The van der Waals surface area contributed by atoms with Crippen molar-refractivity contribution in [3.8, 4) is 6.07 Å². The molecule has 3 heterocycles. The van der Waals surface area contributed by atoms with E-state index in [-0.39, 0.29) is 17.5 Å². The average molecular weight is 583 g/mol. The summed E-state index contributed by atoms with van der Waals surface area (Å²) in [5.41, 5.74) is 2.24. The number of anilines is 2. The van der Waals surface area contributed by atoms with Crippen molar-refractivity contribution in [3.63, 3.8) is 0 Å². The molecule has 0 bridgehead atoms. The Morgan fingerprint density at radius 2 is 2.00 bits per heavy atom. The molecule has 0 saturated carbocycles. The summed E-state index contributed by atoms with van der Waals surface area (Å²) < 4.78 is 20.0. The van der Waals surface area contributed by atoms with Gasteiger partial charge in [-0.1, -0.05) is 41.6 Å². The first-order valence-electron chi connectivity index (χ1n) is 13.3. The number of carbonyl (C=O) groups is 1. The molecule has 0 unspecified atom stereocenters. The molecule has 5 rings (SSSR count). The maximum absolute atomic E-state index is 14.4. The van der Waals surface area contributed by atoms with Gasteiger partial charge in [-0.15, -0.1) is 0 Å². The van der Waals surface area contributed by atoms with Crippen LogP contribution in [-0.4, -0.2) is 65.0 Å². The molecule has 1 atom stereocenters. The highest BCUT2D eigenvalue weighted by Crippen LogP contribution is 2.38. The summed E-state index contributed by atoms with van der Waals surface area (Å²) in [4.78, 5) is 28.7. The monoisotopic (exact) mass is 582 g/mol. The molecule has 2 aliphatic heterocycles. The first kappa shape index (κ1) is 28.2. The van der Waals surface area contributed by atoms with Gasteiger partial charge in [0, 0.05) is 42.8 Å². The van der Waals surface area contributed by atoms with Crippen molar-refractivity contribution in [3.05, 3.63) is 52.4 Å². The Bertz CT molecular complexity index is 1490. The number of fused-ring (bicyclic) bond motifs is 2. The smallest absolute Gasteiger partial charge is 0.410 e. The molecule has 2 aromatic carbocycles. The number of rotatable bonds is 4. The molecule has 1 aromatic heterocycles. The van der Waals surface area contributed by atoms with Crippen LogP contribution in [0.5, 0.6) is 0 Å². The lowest BCUT2D eigenvalue weighted by atomic mass is 10.0. The molecule has 11 heteroatoms. The minimum Gasteiger partial charge on any atom is -0.444 e. The minimum absolute atomic E-state index is 0.124. The average Bonchev–Trinajstić information content (AvgIpc) is 2.93. The molecule has 0 spiro atoms. The first-order valence-corrected chi connectivity index (χ1v) is 14.9. The number of benzene rings is 2. The van der Waals surface area contributed by atoms with Crippen molar-refractivity contribution in [2.75, 3.05) is 42.2 Å². The largest absolute Gasteiger partial charge is 0.444 e. The molecule has 3 aromatic rings. The van der Waals surface area contributed by atoms with E-state index in [0.717, 1.165) is 28.1 Å². The SMILES string of the molecule is CSc1nc2c(c(N3CCN(C(=O)OC(C)(C)C)[C@@H](CC#N)C3)n1)CCN(c1cccc3ccc(F)c(Cl)c13)C2. The summed E-state index contributed by atoms with van der Waals surface area (Å²) in [5.74, 6) is 0.411. The zero-order valence-electron chi connectivity index (χ0n) is 23.1. The van der Waals surface area contributed by atoms with Gasteiger partial charge in [0.15, 0.2) is 5.16 Å².